The molecular formula is C28H30FN3O4. The van der Waals surface area contributed by atoms with E-state index in [1.807, 2.05) is 19.1 Å². The first-order chi connectivity index (χ1) is 17.5. The number of hydrogen-bond donors (Lipinski definition) is 2. The molecule has 2 aromatic carbocycles. The summed E-state index contributed by atoms with van der Waals surface area (Å²) in [5.74, 6) is -1.72. The zero-order chi connectivity index (χ0) is 25.5. The van der Waals surface area contributed by atoms with Gasteiger partial charge in [0.1, 0.15) is 11.9 Å². The Morgan fingerprint density at radius 3 is 2.42 bits per heavy atom. The van der Waals surface area contributed by atoms with Crippen molar-refractivity contribution in [2.75, 3.05) is 11.4 Å². The highest BCUT2D eigenvalue weighted by Gasteiger charge is 2.35. The first-order valence-electron chi connectivity index (χ1n) is 12.3. The number of halogens is 1. The SMILES string of the molecule is CCc1ccccc1N(C(=O)CNC(=O)c1ccco1)[C@@H](C(=O)NC1CCCC1)c1ccc(F)cc1. The van der Waals surface area contributed by atoms with E-state index in [-0.39, 0.29) is 24.3 Å². The summed E-state index contributed by atoms with van der Waals surface area (Å²) in [5, 5.41) is 5.68. The lowest BCUT2D eigenvalue weighted by molar-refractivity contribution is -0.126. The zero-order valence-electron chi connectivity index (χ0n) is 20.2. The number of amides is 3. The topological polar surface area (TPSA) is 91.7 Å². The third kappa shape index (κ3) is 5.82. The number of hydrogen-bond acceptors (Lipinski definition) is 4. The third-order valence-electron chi connectivity index (χ3n) is 6.44. The number of nitrogens with zero attached hydrogens (tertiary/aromatic N) is 1. The molecule has 2 N–H and O–H groups in total. The van der Waals surface area contributed by atoms with Crippen molar-refractivity contribution in [3.8, 4) is 0 Å². The summed E-state index contributed by atoms with van der Waals surface area (Å²) < 4.78 is 18.9. The molecule has 0 aliphatic heterocycles. The third-order valence-corrected chi connectivity index (χ3v) is 6.44. The molecule has 1 atom stereocenters. The van der Waals surface area contributed by atoms with Crippen LogP contribution in [0.15, 0.2) is 71.3 Å². The number of aryl methyl sites for hydroxylation is 1. The van der Waals surface area contributed by atoms with Crippen molar-refractivity contribution >= 4 is 23.4 Å². The fourth-order valence-electron chi connectivity index (χ4n) is 4.61. The van der Waals surface area contributed by atoms with Gasteiger partial charge in [-0.3, -0.25) is 19.3 Å². The lowest BCUT2D eigenvalue weighted by Gasteiger charge is -2.33. The minimum atomic E-state index is -1.05. The number of rotatable bonds is 9. The molecule has 0 saturated heterocycles. The maximum atomic E-state index is 13.8. The van der Waals surface area contributed by atoms with Crippen molar-refractivity contribution in [3.05, 3.63) is 89.6 Å². The van der Waals surface area contributed by atoms with Gasteiger partial charge in [0.2, 0.25) is 11.8 Å². The van der Waals surface area contributed by atoms with Crippen molar-refractivity contribution in [1.82, 2.24) is 10.6 Å². The summed E-state index contributed by atoms with van der Waals surface area (Å²) >= 11 is 0. The quantitative estimate of drug-likeness (QED) is 0.460. The minimum absolute atomic E-state index is 0.0254. The van der Waals surface area contributed by atoms with E-state index < -0.39 is 23.7 Å². The largest absolute Gasteiger partial charge is 0.459 e. The lowest BCUT2D eigenvalue weighted by atomic mass is 10.00. The molecule has 1 heterocycles. The fourth-order valence-corrected chi connectivity index (χ4v) is 4.61. The van der Waals surface area contributed by atoms with Crippen LogP contribution < -0.4 is 15.5 Å². The van der Waals surface area contributed by atoms with Gasteiger partial charge < -0.3 is 15.1 Å². The van der Waals surface area contributed by atoms with Crippen LogP contribution >= 0.6 is 0 Å². The van der Waals surface area contributed by atoms with E-state index in [0.29, 0.717) is 17.7 Å². The molecule has 8 heteroatoms. The van der Waals surface area contributed by atoms with Gasteiger partial charge in [0, 0.05) is 11.7 Å². The van der Waals surface area contributed by atoms with Gasteiger partial charge in [-0.2, -0.15) is 0 Å². The molecule has 36 heavy (non-hydrogen) atoms. The number of furan rings is 1. The molecule has 4 rings (SSSR count). The van der Waals surface area contributed by atoms with E-state index in [4.69, 9.17) is 4.42 Å². The first-order valence-corrected chi connectivity index (χ1v) is 12.3. The molecule has 1 fully saturated rings. The van der Waals surface area contributed by atoms with Crippen LogP contribution in [-0.4, -0.2) is 30.3 Å². The van der Waals surface area contributed by atoms with Crippen molar-refractivity contribution in [2.45, 2.75) is 51.1 Å². The molecule has 1 aliphatic rings. The predicted molar refractivity (Wildman–Crippen MR) is 134 cm³/mol. The van der Waals surface area contributed by atoms with E-state index in [9.17, 15) is 18.8 Å². The van der Waals surface area contributed by atoms with Gasteiger partial charge >= 0.3 is 0 Å². The van der Waals surface area contributed by atoms with Crippen LogP contribution in [0.1, 0.15) is 60.3 Å². The van der Waals surface area contributed by atoms with Crippen LogP contribution in [0.25, 0.3) is 0 Å². The van der Waals surface area contributed by atoms with Crippen molar-refractivity contribution in [2.24, 2.45) is 0 Å². The Morgan fingerprint density at radius 2 is 1.75 bits per heavy atom. The van der Waals surface area contributed by atoms with Crippen LogP contribution in [0.4, 0.5) is 10.1 Å². The Balaban J connectivity index is 1.72. The molecule has 188 valence electrons. The highest BCUT2D eigenvalue weighted by molar-refractivity contribution is 6.04. The van der Waals surface area contributed by atoms with Crippen LogP contribution in [0.2, 0.25) is 0 Å². The van der Waals surface area contributed by atoms with Crippen LogP contribution in [0.3, 0.4) is 0 Å². The van der Waals surface area contributed by atoms with Crippen molar-refractivity contribution < 1.29 is 23.2 Å². The first kappa shape index (κ1) is 25.2. The molecule has 1 aliphatic carbocycles. The molecule has 1 aromatic heterocycles. The molecule has 0 radical (unpaired) electrons. The second-order valence-corrected chi connectivity index (χ2v) is 8.85. The Labute approximate surface area is 209 Å². The average Bonchev–Trinajstić information content (AvgIpc) is 3.61. The van der Waals surface area contributed by atoms with Crippen LogP contribution in [-0.2, 0) is 16.0 Å². The molecular weight excluding hydrogens is 461 g/mol. The van der Waals surface area contributed by atoms with Crippen molar-refractivity contribution in [3.63, 3.8) is 0 Å². The monoisotopic (exact) mass is 491 g/mol. The summed E-state index contributed by atoms with van der Waals surface area (Å²) in [5.41, 5.74) is 1.90. The van der Waals surface area contributed by atoms with E-state index >= 15 is 0 Å². The molecule has 1 saturated carbocycles. The van der Waals surface area contributed by atoms with E-state index in [1.54, 1.807) is 18.2 Å². The second-order valence-electron chi connectivity index (χ2n) is 8.85. The van der Waals surface area contributed by atoms with Gasteiger partial charge in [0.25, 0.3) is 5.91 Å². The van der Waals surface area contributed by atoms with Gasteiger partial charge in [0.05, 0.1) is 12.8 Å². The average molecular weight is 492 g/mol. The van der Waals surface area contributed by atoms with Gasteiger partial charge in [-0.05, 0) is 60.7 Å². The standard InChI is InChI=1S/C28H30FN3O4/c1-2-19-8-3-6-11-23(19)32(25(33)18-30-27(34)24-12-7-17-36-24)26(20-13-15-21(29)16-14-20)28(35)31-22-9-4-5-10-22/h3,6-8,11-17,22,26H,2,4-5,9-10,18H2,1H3,(H,30,34)(H,31,35)/t26-/m1/s1. The smallest absolute Gasteiger partial charge is 0.287 e. The van der Waals surface area contributed by atoms with Crippen LogP contribution in [0.5, 0.6) is 0 Å². The van der Waals surface area contributed by atoms with Crippen LogP contribution in [0, 0.1) is 5.82 Å². The predicted octanol–water partition coefficient (Wildman–Crippen LogP) is 4.54. The normalized spacial score (nSPS) is 14.3. The lowest BCUT2D eigenvalue weighted by Crippen LogP contribution is -2.49. The molecule has 7 nitrogen and oxygen atoms in total. The van der Waals surface area contributed by atoms with Gasteiger partial charge in [-0.25, -0.2) is 4.39 Å². The minimum Gasteiger partial charge on any atom is -0.459 e. The molecule has 0 spiro atoms. The summed E-state index contributed by atoms with van der Waals surface area (Å²) in [6.07, 6.45) is 5.82. The maximum Gasteiger partial charge on any atom is 0.287 e. The van der Waals surface area contributed by atoms with E-state index in [2.05, 4.69) is 10.6 Å². The van der Waals surface area contributed by atoms with E-state index in [0.717, 1.165) is 31.2 Å². The van der Waals surface area contributed by atoms with Crippen molar-refractivity contribution in [1.29, 1.82) is 0 Å². The number of carbonyl (C=O) groups excluding carboxylic acids is 3. The number of anilines is 1. The zero-order valence-corrected chi connectivity index (χ0v) is 20.2. The van der Waals surface area contributed by atoms with Gasteiger partial charge in [-0.1, -0.05) is 50.1 Å². The Bertz CT molecular complexity index is 1190. The number of benzene rings is 2. The van der Waals surface area contributed by atoms with Gasteiger partial charge in [-0.15, -0.1) is 0 Å². The number of carbonyl (C=O) groups is 3. The molecule has 3 amide bonds. The summed E-state index contributed by atoms with van der Waals surface area (Å²) in [4.78, 5) is 41.3. The summed E-state index contributed by atoms with van der Waals surface area (Å²) in [6, 6.07) is 15.0. The Kier molecular flexibility index (Phi) is 8.15. The number of para-hydroxylation sites is 1. The highest BCUT2D eigenvalue weighted by atomic mass is 19.1. The molecule has 3 aromatic rings. The fraction of sp³-hybridized carbons (Fsp3) is 0.321. The Hall–Kier alpha value is -3.94. The van der Waals surface area contributed by atoms with Gasteiger partial charge in [0.15, 0.2) is 5.76 Å². The molecule has 0 unspecified atom stereocenters. The second kappa shape index (κ2) is 11.7. The maximum absolute atomic E-state index is 13.8. The van der Waals surface area contributed by atoms with E-state index in [1.165, 1.54) is 41.5 Å². The summed E-state index contributed by atoms with van der Waals surface area (Å²) in [7, 11) is 0. The Morgan fingerprint density at radius 1 is 1.03 bits per heavy atom. The number of nitrogens with one attached hydrogen (secondary N) is 2. The highest BCUT2D eigenvalue weighted by Crippen LogP contribution is 2.32. The summed E-state index contributed by atoms with van der Waals surface area (Å²) in [6.45, 7) is 1.61. The molecule has 0 bridgehead atoms.